The zero-order valence-corrected chi connectivity index (χ0v) is 38.5. The zero-order chi connectivity index (χ0) is 44.8. The monoisotopic (exact) mass is 858 g/mol. The molecule has 15 aromatic rings. The summed E-state index contributed by atoms with van der Waals surface area (Å²) in [6.07, 6.45) is 2.19. The Morgan fingerprint density at radius 1 is 0.373 bits per heavy atom. The third-order valence-electron chi connectivity index (χ3n) is 15.3. The second-order valence-electron chi connectivity index (χ2n) is 21.2. The Balaban J connectivity index is 1.14. The lowest BCUT2D eigenvalue weighted by Crippen LogP contribution is -2.11. The molecule has 0 radical (unpaired) electrons. The molecule has 9 aromatic carbocycles. The molecule has 0 aliphatic rings. The van der Waals surface area contributed by atoms with Crippen LogP contribution in [0.2, 0.25) is 0 Å². The highest BCUT2D eigenvalue weighted by atomic mass is 15.0. The van der Waals surface area contributed by atoms with E-state index in [1.165, 1.54) is 136 Å². The first kappa shape index (κ1) is 37.3. The molecule has 0 aliphatic carbocycles. The van der Waals surface area contributed by atoms with E-state index in [0.29, 0.717) is 0 Å². The molecule has 4 nitrogen and oxygen atoms in total. The minimum atomic E-state index is -0.0875. The number of aromatic nitrogens is 4. The highest BCUT2D eigenvalue weighted by Crippen LogP contribution is 2.51. The number of fused-ring (bicyclic) bond motifs is 19. The lowest BCUT2D eigenvalue weighted by molar-refractivity contribution is 0.591. The van der Waals surface area contributed by atoms with E-state index in [-0.39, 0.29) is 10.8 Å². The number of para-hydroxylation sites is 2. The molecule has 318 valence electrons. The summed E-state index contributed by atoms with van der Waals surface area (Å²) in [4.78, 5) is 5.61. The Labute approximate surface area is 386 Å². The maximum absolute atomic E-state index is 5.61. The van der Waals surface area contributed by atoms with E-state index in [9.17, 15) is 0 Å². The van der Waals surface area contributed by atoms with Crippen molar-refractivity contribution in [3.05, 3.63) is 181 Å². The number of rotatable bonds is 2. The quantitative estimate of drug-likeness (QED) is 0.170. The lowest BCUT2D eigenvalue weighted by atomic mass is 9.83. The Morgan fingerprint density at radius 3 is 1.75 bits per heavy atom. The first-order valence-electron chi connectivity index (χ1n) is 23.7. The molecule has 15 rings (SSSR count). The highest BCUT2D eigenvalue weighted by molar-refractivity contribution is 6.39. The molecule has 0 saturated heterocycles. The number of pyridine rings is 1. The van der Waals surface area contributed by atoms with Crippen molar-refractivity contribution < 1.29 is 0 Å². The van der Waals surface area contributed by atoms with Crippen LogP contribution in [0.1, 0.15) is 52.7 Å². The van der Waals surface area contributed by atoms with Gasteiger partial charge in [0.25, 0.3) is 0 Å². The van der Waals surface area contributed by atoms with Gasteiger partial charge in [-0.25, -0.2) is 4.98 Å². The van der Waals surface area contributed by atoms with Gasteiger partial charge in [-0.15, -0.1) is 0 Å². The topological polar surface area (TPSA) is 26.6 Å². The summed E-state index contributed by atoms with van der Waals surface area (Å²) in [6.45, 7) is 14.1. The zero-order valence-electron chi connectivity index (χ0n) is 38.5. The number of hydrogen-bond donors (Lipinski definition) is 0. The molecule has 0 fully saturated rings. The summed E-state index contributed by atoms with van der Waals surface area (Å²) in [7, 11) is 0. The molecule has 0 unspecified atom stereocenters. The summed E-state index contributed by atoms with van der Waals surface area (Å²) < 4.78 is 7.48. The maximum atomic E-state index is 5.61. The molecule has 0 amide bonds. The van der Waals surface area contributed by atoms with Crippen molar-refractivity contribution >= 4 is 120 Å². The fraction of sp³-hybridized carbons (Fsp3) is 0.127. The van der Waals surface area contributed by atoms with E-state index >= 15 is 0 Å². The Bertz CT molecular complexity index is 4620. The number of nitrogens with zero attached hydrogens (tertiary/aromatic N) is 4. The van der Waals surface area contributed by atoms with Crippen LogP contribution in [0.15, 0.2) is 170 Å². The molecule has 4 heteroatoms. The summed E-state index contributed by atoms with van der Waals surface area (Å²) in [5, 5.41) is 17.7. The van der Waals surface area contributed by atoms with Gasteiger partial charge in [0, 0.05) is 65.1 Å². The average Bonchev–Trinajstić information content (AvgIpc) is 4.12. The molecule has 6 heterocycles. The van der Waals surface area contributed by atoms with Crippen LogP contribution in [-0.2, 0) is 10.8 Å². The van der Waals surface area contributed by atoms with Crippen LogP contribution in [-0.4, -0.2) is 18.4 Å². The largest absolute Gasteiger partial charge is 0.309 e. The number of hydrogen-bond acceptors (Lipinski definition) is 1. The predicted molar refractivity (Wildman–Crippen MR) is 286 cm³/mol. The second kappa shape index (κ2) is 12.5. The van der Waals surface area contributed by atoms with E-state index in [2.05, 4.69) is 225 Å². The van der Waals surface area contributed by atoms with Gasteiger partial charge in [-0.2, -0.15) is 0 Å². The summed E-state index contributed by atoms with van der Waals surface area (Å²) in [5.41, 5.74) is 15.7. The Morgan fingerprint density at radius 2 is 0.970 bits per heavy atom. The summed E-state index contributed by atoms with van der Waals surface area (Å²) in [6, 6.07) is 61.7. The van der Waals surface area contributed by atoms with Gasteiger partial charge in [-0.05, 0) is 122 Å². The SMILES string of the molecule is CC(C)(C)c1cc(-c2ccc3c(c2)c2ccccc2n3-c2ccccc2)c2c(c1)c1cc(C(C)(C)C)cc3c4c5c6c7ccccc7cc7c8cc9ccccc9cc8n(c5ncc4n2c13)c76. The molecular formula is C63H46N4. The molecule has 67 heavy (non-hydrogen) atoms. The molecule has 0 N–H and O–H groups in total. The third-order valence-corrected chi connectivity index (χ3v) is 15.3. The normalized spacial score (nSPS) is 13.2. The van der Waals surface area contributed by atoms with Crippen LogP contribution in [0.5, 0.6) is 0 Å². The van der Waals surface area contributed by atoms with Crippen molar-refractivity contribution in [3.63, 3.8) is 0 Å². The molecule has 0 atom stereocenters. The van der Waals surface area contributed by atoms with Crippen LogP contribution in [0.25, 0.3) is 136 Å². The van der Waals surface area contributed by atoms with Crippen LogP contribution >= 0.6 is 0 Å². The van der Waals surface area contributed by atoms with Gasteiger partial charge in [0.2, 0.25) is 0 Å². The van der Waals surface area contributed by atoms with Gasteiger partial charge in [-0.3, -0.25) is 4.40 Å². The van der Waals surface area contributed by atoms with Crippen molar-refractivity contribution in [1.29, 1.82) is 0 Å². The third kappa shape index (κ3) is 4.79. The first-order valence-corrected chi connectivity index (χ1v) is 23.7. The van der Waals surface area contributed by atoms with Crippen LogP contribution in [0, 0.1) is 0 Å². The average molecular weight is 859 g/mol. The maximum Gasteiger partial charge on any atom is 0.146 e. The van der Waals surface area contributed by atoms with Crippen LogP contribution in [0.4, 0.5) is 0 Å². The van der Waals surface area contributed by atoms with Crippen molar-refractivity contribution in [2.45, 2.75) is 52.4 Å². The van der Waals surface area contributed by atoms with Gasteiger partial charge >= 0.3 is 0 Å². The van der Waals surface area contributed by atoms with E-state index in [1.54, 1.807) is 0 Å². The van der Waals surface area contributed by atoms with Crippen molar-refractivity contribution in [1.82, 2.24) is 18.4 Å². The minimum Gasteiger partial charge on any atom is -0.309 e. The van der Waals surface area contributed by atoms with Gasteiger partial charge in [-0.1, -0.05) is 133 Å². The number of benzene rings is 9. The lowest BCUT2D eigenvalue weighted by Gasteiger charge is -2.22. The van der Waals surface area contributed by atoms with Gasteiger partial charge < -0.3 is 8.97 Å². The van der Waals surface area contributed by atoms with Gasteiger partial charge in [0.05, 0.1) is 44.8 Å². The van der Waals surface area contributed by atoms with E-state index in [0.717, 1.165) is 11.2 Å². The van der Waals surface area contributed by atoms with Crippen LogP contribution < -0.4 is 0 Å². The molecule has 6 aromatic heterocycles. The second-order valence-corrected chi connectivity index (χ2v) is 21.2. The van der Waals surface area contributed by atoms with Crippen molar-refractivity contribution in [3.8, 4) is 16.8 Å². The Kier molecular flexibility index (Phi) is 6.94. The van der Waals surface area contributed by atoms with Gasteiger partial charge in [0.15, 0.2) is 0 Å². The molecule has 0 saturated carbocycles. The fourth-order valence-electron chi connectivity index (χ4n) is 12.1. The minimum absolute atomic E-state index is 0.0824. The Hall–Kier alpha value is -7.95. The summed E-state index contributed by atoms with van der Waals surface area (Å²) in [5.74, 6) is 0. The first-order chi connectivity index (χ1) is 32.5. The fourth-order valence-corrected chi connectivity index (χ4v) is 12.1. The molecular weight excluding hydrogens is 813 g/mol. The predicted octanol–water partition coefficient (Wildman–Crippen LogP) is 17.0. The van der Waals surface area contributed by atoms with E-state index in [1.807, 2.05) is 0 Å². The van der Waals surface area contributed by atoms with E-state index in [4.69, 9.17) is 4.98 Å². The van der Waals surface area contributed by atoms with E-state index < -0.39 is 0 Å². The molecule has 0 aliphatic heterocycles. The standard InChI is InChI=1S/C63H46N4/c1-62(2,3)39-30-44(38-24-25-52-45(27-38)43-22-14-15-23-51(43)65(52)41-19-8-7-9-20-41)58-48(31-39)49-32-40(63(4,5)6)33-50-55-54(66(58)59(49)50)34-64-61-57(55)56-42-21-13-12-18-37(42)28-47-46-26-35-16-10-11-17-36(35)29-53(46)67(61)60(47)56/h7-34H,1-6H3. The molecule has 0 spiro atoms. The smallest absolute Gasteiger partial charge is 0.146 e. The van der Waals surface area contributed by atoms with Crippen molar-refractivity contribution in [2.75, 3.05) is 0 Å². The summed E-state index contributed by atoms with van der Waals surface area (Å²) >= 11 is 0. The van der Waals surface area contributed by atoms with Crippen LogP contribution in [0.3, 0.4) is 0 Å². The molecule has 0 bridgehead atoms. The van der Waals surface area contributed by atoms with Gasteiger partial charge in [0.1, 0.15) is 5.65 Å². The van der Waals surface area contributed by atoms with Crippen molar-refractivity contribution in [2.24, 2.45) is 0 Å². The highest BCUT2D eigenvalue weighted by Gasteiger charge is 2.30.